The quantitative estimate of drug-likeness (QED) is 0.714. The minimum atomic E-state index is 0.107. The topological polar surface area (TPSA) is 47.6 Å². The number of amides is 1. The Labute approximate surface area is 168 Å². The molecule has 1 amide bonds. The Kier molecular flexibility index (Phi) is 8.45. The SMILES string of the molecule is CNCCC1CCN(CC(=O)Nc2cccc(CN3CCSCC3)c2)CC1. The zero-order chi connectivity index (χ0) is 18.9. The highest BCUT2D eigenvalue weighted by Crippen LogP contribution is 2.20. The number of benzene rings is 1. The number of nitrogens with zero attached hydrogens (tertiary/aromatic N) is 2. The Morgan fingerprint density at radius 3 is 2.67 bits per heavy atom. The summed E-state index contributed by atoms with van der Waals surface area (Å²) in [7, 11) is 2.01. The summed E-state index contributed by atoms with van der Waals surface area (Å²) in [4.78, 5) is 17.2. The molecule has 5 nitrogen and oxygen atoms in total. The average Bonchev–Trinajstić information content (AvgIpc) is 2.68. The van der Waals surface area contributed by atoms with E-state index in [0.29, 0.717) is 6.54 Å². The molecule has 150 valence electrons. The van der Waals surface area contributed by atoms with Crippen LogP contribution in [0.2, 0.25) is 0 Å². The molecule has 0 saturated carbocycles. The summed E-state index contributed by atoms with van der Waals surface area (Å²) < 4.78 is 0. The molecule has 0 bridgehead atoms. The number of nitrogens with one attached hydrogen (secondary N) is 2. The van der Waals surface area contributed by atoms with Crippen LogP contribution in [0.15, 0.2) is 24.3 Å². The normalized spacial score (nSPS) is 19.9. The van der Waals surface area contributed by atoms with Crippen LogP contribution in [-0.4, -0.2) is 73.5 Å². The van der Waals surface area contributed by atoms with Crippen molar-refractivity contribution in [3.8, 4) is 0 Å². The molecule has 0 unspecified atom stereocenters. The predicted molar refractivity (Wildman–Crippen MR) is 115 cm³/mol. The summed E-state index contributed by atoms with van der Waals surface area (Å²) in [5, 5.41) is 6.33. The second-order valence-electron chi connectivity index (χ2n) is 7.75. The molecule has 2 saturated heterocycles. The van der Waals surface area contributed by atoms with E-state index in [4.69, 9.17) is 0 Å². The maximum atomic E-state index is 12.5. The predicted octanol–water partition coefficient (Wildman–Crippen LogP) is 2.50. The molecule has 2 heterocycles. The first-order valence-corrected chi connectivity index (χ1v) is 11.4. The van der Waals surface area contributed by atoms with E-state index in [1.165, 1.54) is 36.3 Å². The van der Waals surface area contributed by atoms with E-state index in [1.54, 1.807) is 0 Å². The van der Waals surface area contributed by atoms with E-state index in [2.05, 4.69) is 38.6 Å². The van der Waals surface area contributed by atoms with Crippen molar-refractivity contribution in [1.82, 2.24) is 15.1 Å². The minimum absolute atomic E-state index is 0.107. The van der Waals surface area contributed by atoms with E-state index in [-0.39, 0.29) is 5.91 Å². The minimum Gasteiger partial charge on any atom is -0.325 e. The number of anilines is 1. The highest BCUT2D eigenvalue weighted by molar-refractivity contribution is 7.99. The zero-order valence-electron chi connectivity index (χ0n) is 16.6. The highest BCUT2D eigenvalue weighted by Gasteiger charge is 2.20. The van der Waals surface area contributed by atoms with Gasteiger partial charge < -0.3 is 10.6 Å². The van der Waals surface area contributed by atoms with Crippen molar-refractivity contribution in [2.45, 2.75) is 25.8 Å². The Balaban J connectivity index is 1.42. The van der Waals surface area contributed by atoms with E-state index >= 15 is 0 Å². The molecule has 1 aromatic carbocycles. The average molecular weight is 391 g/mol. The largest absolute Gasteiger partial charge is 0.325 e. The van der Waals surface area contributed by atoms with Crippen LogP contribution >= 0.6 is 11.8 Å². The van der Waals surface area contributed by atoms with Gasteiger partial charge in [-0.15, -0.1) is 0 Å². The molecule has 0 atom stereocenters. The van der Waals surface area contributed by atoms with Crippen molar-refractivity contribution in [2.75, 3.05) is 63.1 Å². The maximum Gasteiger partial charge on any atom is 0.238 e. The first-order chi connectivity index (χ1) is 13.2. The number of carbonyl (C=O) groups is 1. The van der Waals surface area contributed by atoms with Crippen LogP contribution in [0.4, 0.5) is 5.69 Å². The van der Waals surface area contributed by atoms with Gasteiger partial charge in [0.1, 0.15) is 0 Å². The molecular formula is C21H34N4OS. The number of hydrogen-bond donors (Lipinski definition) is 2. The van der Waals surface area contributed by atoms with Gasteiger partial charge in [0.2, 0.25) is 5.91 Å². The number of hydrogen-bond acceptors (Lipinski definition) is 5. The molecule has 0 aliphatic carbocycles. The summed E-state index contributed by atoms with van der Waals surface area (Å²) in [6, 6.07) is 8.34. The Morgan fingerprint density at radius 2 is 1.93 bits per heavy atom. The molecule has 0 radical (unpaired) electrons. The number of piperidine rings is 1. The van der Waals surface area contributed by atoms with Crippen molar-refractivity contribution < 1.29 is 4.79 Å². The van der Waals surface area contributed by atoms with Crippen molar-refractivity contribution in [1.29, 1.82) is 0 Å². The van der Waals surface area contributed by atoms with Crippen LogP contribution in [0.1, 0.15) is 24.8 Å². The van der Waals surface area contributed by atoms with Crippen LogP contribution in [-0.2, 0) is 11.3 Å². The van der Waals surface area contributed by atoms with Gasteiger partial charge in [0.05, 0.1) is 6.54 Å². The summed E-state index contributed by atoms with van der Waals surface area (Å²) >= 11 is 2.03. The third kappa shape index (κ3) is 7.11. The summed E-state index contributed by atoms with van der Waals surface area (Å²) in [5.74, 6) is 3.36. The standard InChI is InChI=1S/C21H34N4OS/c1-22-8-5-18-6-9-24(10-7-18)17-21(26)23-20-4-2-3-19(15-20)16-25-11-13-27-14-12-25/h2-4,15,18,22H,5-14,16-17H2,1H3,(H,23,26). The number of thioether (sulfide) groups is 1. The third-order valence-electron chi connectivity index (χ3n) is 5.60. The molecule has 1 aromatic rings. The fourth-order valence-electron chi connectivity index (χ4n) is 3.95. The molecule has 2 aliphatic rings. The van der Waals surface area contributed by atoms with Crippen LogP contribution in [0, 0.1) is 5.92 Å². The lowest BCUT2D eigenvalue weighted by Crippen LogP contribution is -2.39. The lowest BCUT2D eigenvalue weighted by Gasteiger charge is -2.31. The summed E-state index contributed by atoms with van der Waals surface area (Å²) in [6.07, 6.45) is 3.66. The smallest absolute Gasteiger partial charge is 0.238 e. The van der Waals surface area contributed by atoms with Gasteiger partial charge in [-0.05, 0) is 69.6 Å². The fraction of sp³-hybridized carbons (Fsp3) is 0.667. The zero-order valence-corrected chi connectivity index (χ0v) is 17.4. The summed E-state index contributed by atoms with van der Waals surface area (Å²) in [5.41, 5.74) is 2.21. The van der Waals surface area contributed by atoms with Gasteiger partial charge in [-0.1, -0.05) is 12.1 Å². The molecule has 3 rings (SSSR count). The Hall–Kier alpha value is -1.08. The number of likely N-dealkylation sites (tertiary alicyclic amines) is 1. The van der Waals surface area contributed by atoms with Gasteiger partial charge in [0, 0.05) is 36.8 Å². The molecule has 2 N–H and O–H groups in total. The second-order valence-corrected chi connectivity index (χ2v) is 8.97. The molecule has 2 aliphatic heterocycles. The maximum absolute atomic E-state index is 12.5. The van der Waals surface area contributed by atoms with E-state index in [1.807, 2.05) is 24.9 Å². The van der Waals surface area contributed by atoms with Gasteiger partial charge in [-0.25, -0.2) is 0 Å². The van der Waals surface area contributed by atoms with E-state index in [0.717, 1.165) is 50.9 Å². The Bertz CT molecular complexity index is 583. The number of rotatable bonds is 8. The van der Waals surface area contributed by atoms with E-state index < -0.39 is 0 Å². The summed E-state index contributed by atoms with van der Waals surface area (Å²) in [6.45, 7) is 6.97. The van der Waals surface area contributed by atoms with Gasteiger partial charge in [0.15, 0.2) is 0 Å². The molecule has 6 heteroatoms. The van der Waals surface area contributed by atoms with E-state index in [9.17, 15) is 4.79 Å². The fourth-order valence-corrected chi connectivity index (χ4v) is 4.93. The van der Waals surface area contributed by atoms with Crippen LogP contribution in [0.5, 0.6) is 0 Å². The first-order valence-electron chi connectivity index (χ1n) is 10.3. The van der Waals surface area contributed by atoms with Gasteiger partial charge in [0.25, 0.3) is 0 Å². The molecule has 0 spiro atoms. The third-order valence-corrected chi connectivity index (χ3v) is 6.54. The molecule has 2 fully saturated rings. The Morgan fingerprint density at radius 1 is 1.15 bits per heavy atom. The van der Waals surface area contributed by atoms with Gasteiger partial charge >= 0.3 is 0 Å². The second kappa shape index (κ2) is 11.1. The van der Waals surface area contributed by atoms with Crippen LogP contribution in [0.3, 0.4) is 0 Å². The van der Waals surface area contributed by atoms with Gasteiger partial charge in [-0.2, -0.15) is 11.8 Å². The molecular weight excluding hydrogens is 356 g/mol. The lowest BCUT2D eigenvalue weighted by atomic mass is 9.93. The number of carbonyl (C=O) groups excluding carboxylic acids is 1. The lowest BCUT2D eigenvalue weighted by molar-refractivity contribution is -0.117. The van der Waals surface area contributed by atoms with Crippen LogP contribution in [0.25, 0.3) is 0 Å². The van der Waals surface area contributed by atoms with Crippen molar-refractivity contribution >= 4 is 23.4 Å². The monoisotopic (exact) mass is 390 g/mol. The molecule has 0 aromatic heterocycles. The highest BCUT2D eigenvalue weighted by atomic mass is 32.2. The van der Waals surface area contributed by atoms with Crippen molar-refractivity contribution in [3.05, 3.63) is 29.8 Å². The first kappa shape index (κ1) is 20.6. The van der Waals surface area contributed by atoms with Crippen molar-refractivity contribution in [2.24, 2.45) is 5.92 Å². The van der Waals surface area contributed by atoms with Gasteiger partial charge in [-0.3, -0.25) is 14.6 Å². The van der Waals surface area contributed by atoms with Crippen molar-refractivity contribution in [3.63, 3.8) is 0 Å². The van der Waals surface area contributed by atoms with Crippen LogP contribution < -0.4 is 10.6 Å². The molecule has 27 heavy (non-hydrogen) atoms.